The lowest BCUT2D eigenvalue weighted by atomic mass is 9.95. The van der Waals surface area contributed by atoms with Crippen molar-refractivity contribution in [3.05, 3.63) is 35.6 Å². The summed E-state index contributed by atoms with van der Waals surface area (Å²) in [7, 11) is 0. The van der Waals surface area contributed by atoms with Crippen LogP contribution < -0.4 is 0 Å². The first-order valence-corrected chi connectivity index (χ1v) is 7.72. The van der Waals surface area contributed by atoms with Crippen LogP contribution >= 0.6 is 0 Å². The molecule has 3 nitrogen and oxygen atoms in total. The van der Waals surface area contributed by atoms with Crippen LogP contribution in [0.5, 0.6) is 0 Å². The number of Topliss-reactive ketones (excluding diaryl/α,β-unsaturated/α-hetero) is 1. The van der Waals surface area contributed by atoms with E-state index in [1.54, 1.807) is 12.1 Å². The Hall–Kier alpha value is -1.71. The number of hydrogen-bond acceptors (Lipinski definition) is 2. The van der Waals surface area contributed by atoms with Crippen molar-refractivity contribution < 1.29 is 14.0 Å². The third kappa shape index (κ3) is 2.99. The van der Waals surface area contributed by atoms with Crippen LogP contribution in [0.1, 0.15) is 37.7 Å². The zero-order valence-corrected chi connectivity index (χ0v) is 12.1. The number of ketones is 1. The van der Waals surface area contributed by atoms with Crippen LogP contribution in [0, 0.1) is 11.7 Å². The number of carbonyl (C=O) groups is 2. The fourth-order valence-corrected chi connectivity index (χ4v) is 3.69. The SMILES string of the molecule is O=C1CCCC1C1CCCN1C(=O)Cc1cccc(F)c1. The number of carbonyl (C=O) groups excluding carboxylic acids is 2. The highest BCUT2D eigenvalue weighted by atomic mass is 19.1. The monoisotopic (exact) mass is 289 g/mol. The number of nitrogens with zero attached hydrogens (tertiary/aromatic N) is 1. The van der Waals surface area contributed by atoms with Crippen molar-refractivity contribution in [2.75, 3.05) is 6.54 Å². The van der Waals surface area contributed by atoms with E-state index in [1.807, 2.05) is 4.90 Å². The first-order chi connectivity index (χ1) is 10.1. The molecule has 1 heterocycles. The molecule has 2 fully saturated rings. The van der Waals surface area contributed by atoms with Gasteiger partial charge in [-0.3, -0.25) is 9.59 Å². The van der Waals surface area contributed by atoms with Gasteiger partial charge in [0.25, 0.3) is 0 Å². The molecule has 3 rings (SSSR count). The number of likely N-dealkylation sites (tertiary alicyclic amines) is 1. The first-order valence-electron chi connectivity index (χ1n) is 7.72. The summed E-state index contributed by atoms with van der Waals surface area (Å²) in [6.07, 6.45) is 4.62. The van der Waals surface area contributed by atoms with Gasteiger partial charge >= 0.3 is 0 Å². The molecule has 2 aliphatic rings. The van der Waals surface area contributed by atoms with E-state index in [4.69, 9.17) is 0 Å². The minimum Gasteiger partial charge on any atom is -0.339 e. The highest BCUT2D eigenvalue weighted by Gasteiger charge is 2.39. The van der Waals surface area contributed by atoms with Crippen molar-refractivity contribution in [1.82, 2.24) is 4.90 Å². The van der Waals surface area contributed by atoms with Crippen molar-refractivity contribution in [1.29, 1.82) is 0 Å². The zero-order chi connectivity index (χ0) is 14.8. The minimum atomic E-state index is -0.316. The summed E-state index contributed by atoms with van der Waals surface area (Å²) in [4.78, 5) is 26.3. The zero-order valence-electron chi connectivity index (χ0n) is 12.1. The van der Waals surface area contributed by atoms with Gasteiger partial charge in [-0.15, -0.1) is 0 Å². The Morgan fingerprint density at radius 1 is 1.29 bits per heavy atom. The van der Waals surface area contributed by atoms with Crippen LogP contribution in [0.4, 0.5) is 4.39 Å². The molecule has 112 valence electrons. The van der Waals surface area contributed by atoms with Gasteiger partial charge in [-0.2, -0.15) is 0 Å². The molecule has 1 saturated heterocycles. The maximum Gasteiger partial charge on any atom is 0.227 e. The van der Waals surface area contributed by atoms with Crippen molar-refractivity contribution in [3.8, 4) is 0 Å². The predicted molar refractivity (Wildman–Crippen MR) is 77.2 cm³/mol. The summed E-state index contributed by atoms with van der Waals surface area (Å²) >= 11 is 0. The Bertz CT molecular complexity index is 557. The molecule has 0 bridgehead atoms. The first kappa shape index (κ1) is 14.2. The van der Waals surface area contributed by atoms with E-state index in [9.17, 15) is 14.0 Å². The third-order valence-corrected chi connectivity index (χ3v) is 4.68. The predicted octanol–water partition coefficient (Wildman–Crippen LogP) is 2.73. The maximum absolute atomic E-state index is 13.2. The summed E-state index contributed by atoms with van der Waals surface area (Å²) < 4.78 is 13.2. The molecule has 0 radical (unpaired) electrons. The third-order valence-electron chi connectivity index (χ3n) is 4.68. The molecule has 1 aliphatic heterocycles. The summed E-state index contributed by atoms with van der Waals surface area (Å²) in [5.74, 6) is 0.0430. The largest absolute Gasteiger partial charge is 0.339 e. The molecule has 2 unspecified atom stereocenters. The molecule has 1 aromatic carbocycles. The van der Waals surface area contributed by atoms with Gasteiger partial charge in [-0.25, -0.2) is 4.39 Å². The molecule has 1 amide bonds. The molecular weight excluding hydrogens is 269 g/mol. The fourth-order valence-electron chi connectivity index (χ4n) is 3.69. The fraction of sp³-hybridized carbons (Fsp3) is 0.529. The van der Waals surface area contributed by atoms with E-state index in [1.165, 1.54) is 12.1 Å². The molecule has 1 saturated carbocycles. The van der Waals surface area contributed by atoms with Gasteiger partial charge in [0.15, 0.2) is 0 Å². The summed E-state index contributed by atoms with van der Waals surface area (Å²) in [5.41, 5.74) is 0.698. The molecule has 1 aromatic rings. The molecule has 1 aliphatic carbocycles. The summed E-state index contributed by atoms with van der Waals surface area (Å²) in [6.45, 7) is 0.725. The number of hydrogen-bond donors (Lipinski definition) is 0. The van der Waals surface area contributed by atoms with Crippen molar-refractivity contribution in [2.24, 2.45) is 5.92 Å². The lowest BCUT2D eigenvalue weighted by Crippen LogP contribution is -2.42. The number of amides is 1. The van der Waals surface area contributed by atoms with Crippen LogP contribution in [0.3, 0.4) is 0 Å². The topological polar surface area (TPSA) is 37.4 Å². The van der Waals surface area contributed by atoms with Gasteiger partial charge in [-0.1, -0.05) is 12.1 Å². The average molecular weight is 289 g/mol. The van der Waals surface area contributed by atoms with E-state index in [0.29, 0.717) is 17.8 Å². The van der Waals surface area contributed by atoms with Gasteiger partial charge in [0.05, 0.1) is 6.42 Å². The Balaban J connectivity index is 1.70. The highest BCUT2D eigenvalue weighted by Crippen LogP contribution is 2.33. The van der Waals surface area contributed by atoms with E-state index in [0.717, 1.165) is 32.2 Å². The van der Waals surface area contributed by atoms with E-state index >= 15 is 0 Å². The second-order valence-corrected chi connectivity index (χ2v) is 6.07. The average Bonchev–Trinajstić information content (AvgIpc) is 3.06. The maximum atomic E-state index is 13.2. The molecule has 0 aromatic heterocycles. The lowest BCUT2D eigenvalue weighted by Gasteiger charge is -2.28. The quantitative estimate of drug-likeness (QED) is 0.858. The van der Waals surface area contributed by atoms with E-state index in [2.05, 4.69) is 0 Å². The molecule has 2 atom stereocenters. The molecule has 21 heavy (non-hydrogen) atoms. The van der Waals surface area contributed by atoms with Crippen molar-refractivity contribution in [3.63, 3.8) is 0 Å². The van der Waals surface area contributed by atoms with Crippen molar-refractivity contribution in [2.45, 2.75) is 44.6 Å². The van der Waals surface area contributed by atoms with Crippen LogP contribution in [0.2, 0.25) is 0 Å². The molecular formula is C17H20FNO2. The van der Waals surface area contributed by atoms with Crippen LogP contribution in [-0.4, -0.2) is 29.2 Å². The van der Waals surface area contributed by atoms with E-state index in [-0.39, 0.29) is 30.1 Å². The molecule has 4 heteroatoms. The van der Waals surface area contributed by atoms with E-state index < -0.39 is 0 Å². The summed E-state index contributed by atoms with van der Waals surface area (Å²) in [6, 6.07) is 6.25. The minimum absolute atomic E-state index is 0.0165. The normalized spacial score (nSPS) is 25.6. The van der Waals surface area contributed by atoms with Crippen molar-refractivity contribution >= 4 is 11.7 Å². The van der Waals surface area contributed by atoms with Gasteiger partial charge < -0.3 is 4.90 Å². The number of benzene rings is 1. The second-order valence-electron chi connectivity index (χ2n) is 6.07. The van der Waals surface area contributed by atoms with Gasteiger partial charge in [0.2, 0.25) is 5.91 Å². The van der Waals surface area contributed by atoms with Crippen LogP contribution in [0.25, 0.3) is 0 Å². The Morgan fingerprint density at radius 2 is 2.14 bits per heavy atom. The van der Waals surface area contributed by atoms with Gasteiger partial charge in [-0.05, 0) is 43.4 Å². The second kappa shape index (κ2) is 5.96. The van der Waals surface area contributed by atoms with Crippen LogP contribution in [-0.2, 0) is 16.0 Å². The number of rotatable bonds is 3. The Morgan fingerprint density at radius 3 is 2.86 bits per heavy atom. The van der Waals surface area contributed by atoms with Crippen LogP contribution in [0.15, 0.2) is 24.3 Å². The summed E-state index contributed by atoms with van der Waals surface area (Å²) in [5, 5.41) is 0. The Labute approximate surface area is 124 Å². The highest BCUT2D eigenvalue weighted by molar-refractivity contribution is 5.85. The standard InChI is InChI=1S/C17H20FNO2/c18-13-5-1-4-12(10-13)11-17(21)19-9-3-7-15(19)14-6-2-8-16(14)20/h1,4-5,10,14-15H,2-3,6-9,11H2. The Kier molecular flexibility index (Phi) is 4.04. The van der Waals surface area contributed by atoms with Gasteiger partial charge in [0, 0.05) is 24.9 Å². The molecule has 0 spiro atoms. The van der Waals surface area contributed by atoms with Gasteiger partial charge in [0.1, 0.15) is 11.6 Å². The molecule has 0 N–H and O–H groups in total. The lowest BCUT2D eigenvalue weighted by molar-refractivity contribution is -0.133. The smallest absolute Gasteiger partial charge is 0.227 e. The number of halogens is 1.